The minimum Gasteiger partial charge on any atom is -0.462 e. The van der Waals surface area contributed by atoms with Crippen LogP contribution in [0.4, 0.5) is 0 Å². The standard InChI is InChI=1S/C19H20N2O6/c1-10-17(21-6-7-21)19(25)15-13(9-27-12(3)23)14(20-16(15)18(10)24)5-4-8-26-11(2)22/h4-5,20H,6-9H2,1-3H3/b5-4+. The normalized spacial score (nSPS) is 16.0. The maximum atomic E-state index is 13.0. The lowest BCUT2D eigenvalue weighted by molar-refractivity contribution is -0.142. The van der Waals surface area contributed by atoms with Crippen LogP contribution >= 0.6 is 0 Å². The third-order valence-electron chi connectivity index (χ3n) is 4.35. The number of ketones is 2. The minimum absolute atomic E-state index is 0.0459. The molecule has 1 N–H and O–H groups in total. The van der Waals surface area contributed by atoms with E-state index in [-0.39, 0.29) is 36.0 Å². The first-order chi connectivity index (χ1) is 12.8. The van der Waals surface area contributed by atoms with E-state index in [2.05, 4.69) is 4.98 Å². The van der Waals surface area contributed by atoms with Crippen molar-refractivity contribution in [1.82, 2.24) is 9.88 Å². The topological polar surface area (TPSA) is 106 Å². The molecule has 0 spiro atoms. The second-order valence-electron chi connectivity index (χ2n) is 6.37. The number of H-pyrrole nitrogens is 1. The summed E-state index contributed by atoms with van der Waals surface area (Å²) in [6.45, 7) is 5.59. The fourth-order valence-electron chi connectivity index (χ4n) is 3.01. The Balaban J connectivity index is 2.00. The quantitative estimate of drug-likeness (QED) is 0.597. The molecule has 1 fully saturated rings. The number of aromatic amines is 1. The van der Waals surface area contributed by atoms with E-state index in [9.17, 15) is 19.2 Å². The van der Waals surface area contributed by atoms with Gasteiger partial charge in [-0.05, 0) is 19.1 Å². The SMILES string of the molecule is CC(=O)OC/C=C/c1[nH]c2c(c1COC(C)=O)C(=O)C(N1CC1)=C(C)C2=O. The number of ether oxygens (including phenoxy) is 2. The second-order valence-corrected chi connectivity index (χ2v) is 6.37. The summed E-state index contributed by atoms with van der Waals surface area (Å²) in [5, 5.41) is 0. The Hall–Kier alpha value is -3.16. The molecule has 3 rings (SSSR count). The molecule has 0 aromatic carbocycles. The molecule has 0 amide bonds. The van der Waals surface area contributed by atoms with Crippen molar-refractivity contribution in [2.75, 3.05) is 19.7 Å². The molecule has 0 saturated carbocycles. The molecule has 1 aromatic heterocycles. The van der Waals surface area contributed by atoms with E-state index in [1.54, 1.807) is 19.1 Å². The van der Waals surface area contributed by atoms with Crippen molar-refractivity contribution < 1.29 is 28.7 Å². The molecule has 27 heavy (non-hydrogen) atoms. The number of allylic oxidation sites excluding steroid dienone is 2. The fourth-order valence-corrected chi connectivity index (χ4v) is 3.01. The van der Waals surface area contributed by atoms with Gasteiger partial charge in [-0.1, -0.05) is 0 Å². The predicted molar refractivity (Wildman–Crippen MR) is 94.9 cm³/mol. The molecule has 2 heterocycles. The van der Waals surface area contributed by atoms with E-state index in [4.69, 9.17) is 9.47 Å². The molecule has 2 aliphatic rings. The van der Waals surface area contributed by atoms with Crippen molar-refractivity contribution >= 4 is 29.6 Å². The van der Waals surface area contributed by atoms with Crippen LogP contribution in [0.5, 0.6) is 0 Å². The fraction of sp³-hybridized carbons (Fsp3) is 0.368. The first-order valence-electron chi connectivity index (χ1n) is 8.54. The average molecular weight is 372 g/mol. The van der Waals surface area contributed by atoms with Gasteiger partial charge in [0.2, 0.25) is 11.6 Å². The summed E-state index contributed by atoms with van der Waals surface area (Å²) < 4.78 is 9.93. The number of nitrogens with one attached hydrogen (secondary N) is 1. The Morgan fingerprint density at radius 2 is 1.78 bits per heavy atom. The van der Waals surface area contributed by atoms with Crippen molar-refractivity contribution in [2.45, 2.75) is 27.4 Å². The Kier molecular flexibility index (Phi) is 4.98. The first-order valence-corrected chi connectivity index (χ1v) is 8.54. The number of carbonyl (C=O) groups excluding carboxylic acids is 4. The number of nitrogens with zero attached hydrogens (tertiary/aromatic N) is 1. The number of aromatic nitrogens is 1. The Labute approximate surface area is 155 Å². The summed E-state index contributed by atoms with van der Waals surface area (Å²) in [7, 11) is 0. The zero-order valence-corrected chi connectivity index (χ0v) is 15.4. The molecular weight excluding hydrogens is 352 g/mol. The van der Waals surface area contributed by atoms with E-state index >= 15 is 0 Å². The third kappa shape index (κ3) is 3.69. The summed E-state index contributed by atoms with van der Waals surface area (Å²) in [5.41, 5.74) is 2.14. The molecule has 8 heteroatoms. The van der Waals surface area contributed by atoms with Crippen molar-refractivity contribution in [1.29, 1.82) is 0 Å². The summed E-state index contributed by atoms with van der Waals surface area (Å²) in [4.78, 5) is 52.7. The Morgan fingerprint density at radius 3 is 2.37 bits per heavy atom. The van der Waals surface area contributed by atoms with E-state index in [0.29, 0.717) is 22.5 Å². The van der Waals surface area contributed by atoms with E-state index in [0.717, 1.165) is 13.1 Å². The molecule has 1 aliphatic heterocycles. The number of Topliss-reactive ketones (excluding diaryl/α,β-unsaturated/α-hetero) is 2. The van der Waals surface area contributed by atoms with Crippen molar-refractivity contribution in [2.24, 2.45) is 0 Å². The van der Waals surface area contributed by atoms with Gasteiger partial charge in [0.1, 0.15) is 13.2 Å². The van der Waals surface area contributed by atoms with Crippen molar-refractivity contribution in [3.63, 3.8) is 0 Å². The van der Waals surface area contributed by atoms with Crippen LogP contribution in [0.1, 0.15) is 52.9 Å². The molecular formula is C19H20N2O6. The molecule has 1 aromatic rings. The lowest BCUT2D eigenvalue weighted by Crippen LogP contribution is -2.25. The highest BCUT2D eigenvalue weighted by atomic mass is 16.5. The maximum Gasteiger partial charge on any atom is 0.302 e. The molecule has 0 radical (unpaired) electrons. The number of rotatable bonds is 6. The second kappa shape index (κ2) is 7.22. The van der Waals surface area contributed by atoms with Crippen molar-refractivity contribution in [3.05, 3.63) is 39.9 Å². The van der Waals surface area contributed by atoms with Gasteiger partial charge in [0.05, 0.1) is 17.0 Å². The van der Waals surface area contributed by atoms with E-state index in [1.165, 1.54) is 13.8 Å². The third-order valence-corrected chi connectivity index (χ3v) is 4.35. The Morgan fingerprint density at radius 1 is 1.11 bits per heavy atom. The van der Waals surface area contributed by atoms with Gasteiger partial charge in [-0.25, -0.2) is 0 Å². The van der Waals surface area contributed by atoms with Gasteiger partial charge in [-0.15, -0.1) is 0 Å². The van der Waals surface area contributed by atoms with E-state index < -0.39 is 11.9 Å². The van der Waals surface area contributed by atoms with Gasteiger partial charge in [-0.2, -0.15) is 0 Å². The highest BCUT2D eigenvalue weighted by Crippen LogP contribution is 2.34. The van der Waals surface area contributed by atoms with Crippen LogP contribution < -0.4 is 0 Å². The van der Waals surface area contributed by atoms with Gasteiger partial charge >= 0.3 is 11.9 Å². The largest absolute Gasteiger partial charge is 0.462 e. The average Bonchev–Trinajstić information content (AvgIpc) is 3.35. The highest BCUT2D eigenvalue weighted by Gasteiger charge is 2.40. The highest BCUT2D eigenvalue weighted by molar-refractivity contribution is 6.26. The van der Waals surface area contributed by atoms with Crippen LogP contribution in [0.3, 0.4) is 0 Å². The smallest absolute Gasteiger partial charge is 0.302 e. The molecule has 0 bridgehead atoms. The predicted octanol–water partition coefficient (Wildman–Crippen LogP) is 1.62. The number of esters is 2. The molecule has 8 nitrogen and oxygen atoms in total. The molecule has 0 unspecified atom stereocenters. The zero-order chi connectivity index (χ0) is 19.7. The summed E-state index contributed by atoms with van der Waals surface area (Å²) >= 11 is 0. The number of carbonyl (C=O) groups is 4. The number of fused-ring (bicyclic) bond motifs is 1. The molecule has 142 valence electrons. The molecule has 1 aliphatic carbocycles. The van der Waals surface area contributed by atoms with Gasteiger partial charge in [-0.3, -0.25) is 19.2 Å². The number of hydrogen-bond acceptors (Lipinski definition) is 7. The molecule has 1 saturated heterocycles. The van der Waals surface area contributed by atoms with Gasteiger partial charge in [0.15, 0.2) is 0 Å². The summed E-state index contributed by atoms with van der Waals surface area (Å²) in [6.07, 6.45) is 3.18. The first kappa shape index (κ1) is 18.6. The van der Waals surface area contributed by atoms with Crippen LogP contribution in [0.25, 0.3) is 6.08 Å². The van der Waals surface area contributed by atoms with Gasteiger partial charge in [0.25, 0.3) is 0 Å². The number of hydrogen-bond donors (Lipinski definition) is 1. The maximum absolute atomic E-state index is 13.0. The van der Waals surface area contributed by atoms with Crippen molar-refractivity contribution in [3.8, 4) is 0 Å². The van der Waals surface area contributed by atoms with Gasteiger partial charge in [0, 0.05) is 43.8 Å². The lowest BCUT2D eigenvalue weighted by atomic mass is 9.90. The van der Waals surface area contributed by atoms with Crippen LogP contribution in [-0.4, -0.2) is 53.1 Å². The lowest BCUT2D eigenvalue weighted by Gasteiger charge is -2.18. The minimum atomic E-state index is -0.493. The van der Waals surface area contributed by atoms with Crippen LogP contribution in [0.2, 0.25) is 0 Å². The summed E-state index contributed by atoms with van der Waals surface area (Å²) in [6, 6.07) is 0. The van der Waals surface area contributed by atoms with Gasteiger partial charge < -0.3 is 19.4 Å². The monoisotopic (exact) mass is 372 g/mol. The van der Waals surface area contributed by atoms with E-state index in [1.807, 2.05) is 4.90 Å². The molecule has 0 atom stereocenters. The zero-order valence-electron chi connectivity index (χ0n) is 15.4. The van der Waals surface area contributed by atoms with Crippen LogP contribution in [-0.2, 0) is 25.7 Å². The van der Waals surface area contributed by atoms with Crippen LogP contribution in [0, 0.1) is 0 Å². The Bertz CT molecular complexity index is 902. The summed E-state index contributed by atoms with van der Waals surface area (Å²) in [5.74, 6) is -1.42. The van der Waals surface area contributed by atoms with Crippen LogP contribution in [0.15, 0.2) is 17.3 Å².